The van der Waals surface area contributed by atoms with Crippen molar-refractivity contribution in [1.82, 2.24) is 5.32 Å². The van der Waals surface area contributed by atoms with Gasteiger partial charge in [-0.2, -0.15) is 0 Å². The van der Waals surface area contributed by atoms with Crippen molar-refractivity contribution >= 4 is 34.9 Å². The van der Waals surface area contributed by atoms with Gasteiger partial charge < -0.3 is 11.1 Å². The topological polar surface area (TPSA) is 55.1 Å². The van der Waals surface area contributed by atoms with Gasteiger partial charge in [0.15, 0.2) is 0 Å². The highest BCUT2D eigenvalue weighted by molar-refractivity contribution is 8.00. The maximum atomic E-state index is 11.6. The lowest BCUT2D eigenvalue weighted by Crippen LogP contribution is -2.43. The molecule has 1 aromatic carbocycles. The third kappa shape index (κ3) is 5.19. The summed E-state index contributed by atoms with van der Waals surface area (Å²) in [4.78, 5) is 13.1. The van der Waals surface area contributed by atoms with Crippen LogP contribution in [0.2, 0.25) is 0 Å². The summed E-state index contributed by atoms with van der Waals surface area (Å²) in [5.41, 5.74) is 5.51. The Balaban J connectivity index is 2.37. The maximum Gasteiger partial charge on any atom is 0.230 e. The van der Waals surface area contributed by atoms with Gasteiger partial charge in [-0.25, -0.2) is 0 Å². The molecule has 0 bridgehead atoms. The second kappa shape index (κ2) is 7.29. The Morgan fingerprint density at radius 3 is 2.65 bits per heavy atom. The van der Waals surface area contributed by atoms with E-state index in [2.05, 4.69) is 5.32 Å². The van der Waals surface area contributed by atoms with Crippen molar-refractivity contribution < 1.29 is 4.79 Å². The molecule has 0 spiro atoms. The second-order valence-electron chi connectivity index (χ2n) is 3.53. The summed E-state index contributed by atoms with van der Waals surface area (Å²) in [6, 6.07) is 9.60. The summed E-state index contributed by atoms with van der Waals surface area (Å²) in [6.45, 7) is 1.94. The number of nitrogens with one attached hydrogen (secondary N) is 1. The largest absolute Gasteiger partial charge is 0.392 e. The van der Waals surface area contributed by atoms with E-state index in [-0.39, 0.29) is 11.9 Å². The van der Waals surface area contributed by atoms with Gasteiger partial charge in [0.05, 0.1) is 16.8 Å². The highest BCUT2D eigenvalue weighted by Gasteiger charge is 2.12. The van der Waals surface area contributed by atoms with Gasteiger partial charge >= 0.3 is 0 Å². The number of thioether (sulfide) groups is 1. The number of carbonyl (C=O) groups is 1. The van der Waals surface area contributed by atoms with Crippen LogP contribution in [0.4, 0.5) is 0 Å². The second-order valence-corrected chi connectivity index (χ2v) is 5.05. The van der Waals surface area contributed by atoms with Crippen LogP contribution in [-0.2, 0) is 4.79 Å². The van der Waals surface area contributed by atoms with E-state index in [1.54, 1.807) is 0 Å². The monoisotopic (exact) mass is 268 g/mol. The van der Waals surface area contributed by atoms with Crippen LogP contribution >= 0.6 is 24.0 Å². The maximum absolute atomic E-state index is 11.6. The number of rotatable bonds is 6. The Labute approximate surface area is 111 Å². The zero-order chi connectivity index (χ0) is 12.7. The van der Waals surface area contributed by atoms with Crippen LogP contribution in [0.3, 0.4) is 0 Å². The van der Waals surface area contributed by atoms with Crippen molar-refractivity contribution in [1.29, 1.82) is 0 Å². The summed E-state index contributed by atoms with van der Waals surface area (Å²) >= 11 is 6.36. The molecule has 92 valence electrons. The zero-order valence-corrected chi connectivity index (χ0v) is 11.3. The van der Waals surface area contributed by atoms with Crippen LogP contribution in [0.5, 0.6) is 0 Å². The first-order valence-electron chi connectivity index (χ1n) is 5.40. The van der Waals surface area contributed by atoms with E-state index in [4.69, 9.17) is 18.0 Å². The minimum atomic E-state index is -0.200. The first-order valence-corrected chi connectivity index (χ1v) is 6.79. The molecule has 17 heavy (non-hydrogen) atoms. The van der Waals surface area contributed by atoms with Gasteiger partial charge in [0, 0.05) is 4.90 Å². The predicted molar refractivity (Wildman–Crippen MR) is 76.2 cm³/mol. The lowest BCUT2D eigenvalue weighted by molar-refractivity contribution is -0.118. The smallest absolute Gasteiger partial charge is 0.230 e. The predicted octanol–water partition coefficient (Wildman–Crippen LogP) is 1.96. The molecule has 0 aromatic heterocycles. The van der Waals surface area contributed by atoms with Crippen LogP contribution in [0.1, 0.15) is 13.3 Å². The molecule has 3 nitrogen and oxygen atoms in total. The summed E-state index contributed by atoms with van der Waals surface area (Å²) in [5.74, 6) is 0.335. The first kappa shape index (κ1) is 14.0. The molecule has 0 saturated heterocycles. The third-order valence-corrected chi connectivity index (χ3v) is 3.50. The number of hydrogen-bond donors (Lipinski definition) is 2. The first-order chi connectivity index (χ1) is 8.13. The number of benzene rings is 1. The van der Waals surface area contributed by atoms with Crippen molar-refractivity contribution in [2.45, 2.75) is 24.3 Å². The molecular weight excluding hydrogens is 252 g/mol. The lowest BCUT2D eigenvalue weighted by atomic mass is 10.2. The Kier molecular flexibility index (Phi) is 6.00. The van der Waals surface area contributed by atoms with Gasteiger partial charge in [-0.1, -0.05) is 37.3 Å². The zero-order valence-electron chi connectivity index (χ0n) is 9.68. The average molecular weight is 268 g/mol. The summed E-state index contributed by atoms with van der Waals surface area (Å²) in [5, 5.41) is 2.81. The summed E-state index contributed by atoms with van der Waals surface area (Å²) < 4.78 is 0. The van der Waals surface area contributed by atoms with Crippen LogP contribution in [0, 0.1) is 0 Å². The molecule has 0 aliphatic rings. The molecule has 0 aliphatic heterocycles. The highest BCUT2D eigenvalue weighted by Crippen LogP contribution is 2.16. The third-order valence-electron chi connectivity index (χ3n) is 2.20. The number of carbonyl (C=O) groups excluding carboxylic acids is 1. The molecule has 1 unspecified atom stereocenters. The molecular formula is C12H16N2OS2. The molecule has 0 saturated carbocycles. The molecule has 0 radical (unpaired) electrons. The molecule has 1 rings (SSSR count). The fourth-order valence-electron chi connectivity index (χ4n) is 1.28. The van der Waals surface area contributed by atoms with Crippen molar-refractivity contribution in [3.63, 3.8) is 0 Å². The Hall–Kier alpha value is -1.07. The molecule has 0 aliphatic carbocycles. The normalized spacial score (nSPS) is 11.8. The standard InChI is InChI=1S/C12H16N2OS2/c1-2-10(12(13)16)14-11(15)8-17-9-6-4-3-5-7-9/h3-7,10H,2,8H2,1H3,(H2,13,16)(H,14,15). The van der Waals surface area contributed by atoms with E-state index in [9.17, 15) is 4.79 Å². The quantitative estimate of drug-likeness (QED) is 0.612. The Morgan fingerprint density at radius 1 is 1.47 bits per heavy atom. The summed E-state index contributed by atoms with van der Waals surface area (Å²) in [7, 11) is 0. The van der Waals surface area contributed by atoms with Crippen LogP contribution in [0.15, 0.2) is 35.2 Å². The summed E-state index contributed by atoms with van der Waals surface area (Å²) in [6.07, 6.45) is 0.719. The van der Waals surface area contributed by atoms with Crippen molar-refractivity contribution in [2.24, 2.45) is 5.73 Å². The molecule has 0 heterocycles. The fraction of sp³-hybridized carbons (Fsp3) is 0.333. The van der Waals surface area contributed by atoms with E-state index < -0.39 is 0 Å². The lowest BCUT2D eigenvalue weighted by Gasteiger charge is -2.14. The van der Waals surface area contributed by atoms with E-state index in [1.807, 2.05) is 37.3 Å². The SMILES string of the molecule is CCC(NC(=O)CSc1ccccc1)C(N)=S. The highest BCUT2D eigenvalue weighted by atomic mass is 32.2. The van der Waals surface area contributed by atoms with E-state index in [0.717, 1.165) is 11.3 Å². The molecule has 1 aromatic rings. The van der Waals surface area contributed by atoms with E-state index in [1.165, 1.54) is 11.8 Å². The minimum Gasteiger partial charge on any atom is -0.392 e. The molecule has 3 N–H and O–H groups in total. The number of thiocarbonyl (C=S) groups is 1. The van der Waals surface area contributed by atoms with E-state index >= 15 is 0 Å². The van der Waals surface area contributed by atoms with E-state index in [0.29, 0.717) is 10.7 Å². The van der Waals surface area contributed by atoms with Gasteiger partial charge in [0.1, 0.15) is 0 Å². The van der Waals surface area contributed by atoms with Gasteiger partial charge in [-0.3, -0.25) is 4.79 Å². The minimum absolute atomic E-state index is 0.0431. The van der Waals surface area contributed by atoms with Gasteiger partial charge in [0.2, 0.25) is 5.91 Å². The van der Waals surface area contributed by atoms with Gasteiger partial charge in [-0.15, -0.1) is 11.8 Å². The molecule has 5 heteroatoms. The van der Waals surface area contributed by atoms with Crippen LogP contribution in [-0.4, -0.2) is 22.7 Å². The number of nitrogens with two attached hydrogens (primary N) is 1. The average Bonchev–Trinajstić information content (AvgIpc) is 2.34. The van der Waals surface area contributed by atoms with Crippen molar-refractivity contribution in [3.8, 4) is 0 Å². The Morgan fingerprint density at radius 2 is 2.12 bits per heavy atom. The van der Waals surface area contributed by atoms with Crippen LogP contribution in [0.25, 0.3) is 0 Å². The molecule has 1 atom stereocenters. The van der Waals surface area contributed by atoms with Crippen molar-refractivity contribution in [3.05, 3.63) is 30.3 Å². The van der Waals surface area contributed by atoms with Crippen LogP contribution < -0.4 is 11.1 Å². The van der Waals surface area contributed by atoms with Crippen molar-refractivity contribution in [2.75, 3.05) is 5.75 Å². The molecule has 1 amide bonds. The Bertz CT molecular complexity index is 381. The fourth-order valence-corrected chi connectivity index (χ4v) is 2.23. The van der Waals surface area contributed by atoms with Gasteiger partial charge in [0.25, 0.3) is 0 Å². The molecule has 0 fully saturated rings. The number of amides is 1. The van der Waals surface area contributed by atoms with Gasteiger partial charge in [-0.05, 0) is 18.6 Å². The number of hydrogen-bond acceptors (Lipinski definition) is 3.